The van der Waals surface area contributed by atoms with E-state index in [0.29, 0.717) is 18.2 Å². The van der Waals surface area contributed by atoms with E-state index in [1.807, 2.05) is 6.20 Å². The molecule has 0 saturated heterocycles. The zero-order valence-corrected chi connectivity index (χ0v) is 8.41. The highest BCUT2D eigenvalue weighted by Crippen LogP contribution is 2.32. The van der Waals surface area contributed by atoms with E-state index in [-0.39, 0.29) is 6.61 Å². The van der Waals surface area contributed by atoms with E-state index < -0.39 is 0 Å². The van der Waals surface area contributed by atoms with E-state index in [1.165, 1.54) is 32.1 Å². The van der Waals surface area contributed by atoms with Crippen LogP contribution in [0.2, 0.25) is 0 Å². The zero-order chi connectivity index (χ0) is 9.80. The van der Waals surface area contributed by atoms with E-state index in [4.69, 9.17) is 9.52 Å². The molecule has 0 radical (unpaired) electrons. The Hall–Kier alpha value is -0.830. The SMILES string of the molecule is OCCc1ncc(C2CCCCC2)o1. The molecule has 1 aliphatic carbocycles. The molecule has 2 rings (SSSR count). The lowest BCUT2D eigenvalue weighted by Gasteiger charge is -2.18. The summed E-state index contributed by atoms with van der Waals surface area (Å²) in [4.78, 5) is 4.15. The van der Waals surface area contributed by atoms with Crippen LogP contribution in [0.4, 0.5) is 0 Å². The van der Waals surface area contributed by atoms with E-state index in [1.54, 1.807) is 0 Å². The van der Waals surface area contributed by atoms with Gasteiger partial charge < -0.3 is 9.52 Å². The van der Waals surface area contributed by atoms with Gasteiger partial charge in [-0.2, -0.15) is 0 Å². The molecule has 0 atom stereocenters. The fourth-order valence-electron chi connectivity index (χ4n) is 2.11. The number of rotatable bonds is 3. The van der Waals surface area contributed by atoms with Crippen LogP contribution in [0, 0.1) is 0 Å². The average Bonchev–Trinajstić information content (AvgIpc) is 2.68. The Balaban J connectivity index is 2.00. The Morgan fingerprint density at radius 2 is 2.14 bits per heavy atom. The van der Waals surface area contributed by atoms with Gasteiger partial charge in [-0.3, -0.25) is 0 Å². The molecule has 0 aliphatic heterocycles. The first-order chi connectivity index (χ1) is 6.90. The molecule has 1 heterocycles. The first-order valence-electron chi connectivity index (χ1n) is 5.45. The maximum atomic E-state index is 8.74. The zero-order valence-electron chi connectivity index (χ0n) is 8.41. The normalized spacial score (nSPS) is 18.6. The molecule has 1 fully saturated rings. The quantitative estimate of drug-likeness (QED) is 0.804. The summed E-state index contributed by atoms with van der Waals surface area (Å²) < 4.78 is 5.59. The van der Waals surface area contributed by atoms with Crippen molar-refractivity contribution in [2.45, 2.75) is 44.4 Å². The highest BCUT2D eigenvalue weighted by molar-refractivity contribution is 5.02. The van der Waals surface area contributed by atoms with Crippen LogP contribution in [0.5, 0.6) is 0 Å². The van der Waals surface area contributed by atoms with E-state index in [0.717, 1.165) is 5.76 Å². The molecule has 1 aromatic heterocycles. The number of hydrogen-bond donors (Lipinski definition) is 1. The second-order valence-electron chi connectivity index (χ2n) is 3.96. The van der Waals surface area contributed by atoms with Crippen molar-refractivity contribution in [3.05, 3.63) is 17.8 Å². The number of oxazole rings is 1. The van der Waals surface area contributed by atoms with Gasteiger partial charge >= 0.3 is 0 Å². The highest BCUT2D eigenvalue weighted by atomic mass is 16.4. The third kappa shape index (κ3) is 2.15. The molecule has 0 unspecified atom stereocenters. The van der Waals surface area contributed by atoms with Gasteiger partial charge in [0.05, 0.1) is 12.8 Å². The van der Waals surface area contributed by atoms with E-state index in [2.05, 4.69) is 4.98 Å². The van der Waals surface area contributed by atoms with Gasteiger partial charge in [-0.15, -0.1) is 0 Å². The van der Waals surface area contributed by atoms with Crippen LogP contribution in [0.25, 0.3) is 0 Å². The van der Waals surface area contributed by atoms with Crippen LogP contribution in [-0.4, -0.2) is 16.7 Å². The van der Waals surface area contributed by atoms with Crippen LogP contribution < -0.4 is 0 Å². The topological polar surface area (TPSA) is 46.3 Å². The Bertz CT molecular complexity index is 277. The summed E-state index contributed by atoms with van der Waals surface area (Å²) in [7, 11) is 0. The lowest BCUT2D eigenvalue weighted by Crippen LogP contribution is -2.03. The highest BCUT2D eigenvalue weighted by Gasteiger charge is 2.19. The molecule has 1 aliphatic rings. The standard InChI is InChI=1S/C11H17NO2/c13-7-6-11-12-8-10(14-11)9-4-2-1-3-5-9/h8-9,13H,1-7H2. The van der Waals surface area contributed by atoms with Gasteiger partial charge in [-0.25, -0.2) is 4.98 Å². The van der Waals surface area contributed by atoms with Crippen LogP contribution in [0.3, 0.4) is 0 Å². The Morgan fingerprint density at radius 3 is 2.86 bits per heavy atom. The van der Waals surface area contributed by atoms with Crippen molar-refractivity contribution >= 4 is 0 Å². The molecule has 0 bridgehead atoms. The monoisotopic (exact) mass is 195 g/mol. The van der Waals surface area contributed by atoms with Gasteiger partial charge in [0.1, 0.15) is 5.76 Å². The van der Waals surface area contributed by atoms with Gasteiger partial charge in [0, 0.05) is 12.3 Å². The Morgan fingerprint density at radius 1 is 1.36 bits per heavy atom. The third-order valence-corrected chi connectivity index (χ3v) is 2.90. The first kappa shape index (κ1) is 9.71. The summed E-state index contributed by atoms with van der Waals surface area (Å²) in [5, 5.41) is 8.74. The molecule has 14 heavy (non-hydrogen) atoms. The third-order valence-electron chi connectivity index (χ3n) is 2.90. The average molecular weight is 195 g/mol. The maximum absolute atomic E-state index is 8.74. The van der Waals surface area contributed by atoms with Crippen LogP contribution in [0.15, 0.2) is 10.6 Å². The summed E-state index contributed by atoms with van der Waals surface area (Å²) in [6, 6.07) is 0. The number of hydrogen-bond acceptors (Lipinski definition) is 3. The molecule has 3 nitrogen and oxygen atoms in total. The maximum Gasteiger partial charge on any atom is 0.196 e. The fraction of sp³-hybridized carbons (Fsp3) is 0.727. The van der Waals surface area contributed by atoms with Crippen molar-refractivity contribution in [3.8, 4) is 0 Å². The predicted octanol–water partition coefficient (Wildman–Crippen LogP) is 2.26. The number of aliphatic hydroxyl groups excluding tert-OH is 1. The van der Waals surface area contributed by atoms with Crippen LogP contribution >= 0.6 is 0 Å². The van der Waals surface area contributed by atoms with Crippen molar-refractivity contribution in [1.82, 2.24) is 4.98 Å². The summed E-state index contributed by atoms with van der Waals surface area (Å²) in [5.41, 5.74) is 0. The molecular formula is C11H17NO2. The van der Waals surface area contributed by atoms with Crippen LogP contribution in [-0.2, 0) is 6.42 Å². The van der Waals surface area contributed by atoms with Crippen molar-refractivity contribution < 1.29 is 9.52 Å². The molecule has 0 spiro atoms. The molecule has 0 amide bonds. The minimum Gasteiger partial charge on any atom is -0.445 e. The molecule has 0 aromatic carbocycles. The smallest absolute Gasteiger partial charge is 0.196 e. The summed E-state index contributed by atoms with van der Waals surface area (Å²) in [6.07, 6.45) is 8.80. The Kier molecular flexibility index (Phi) is 3.19. The molecule has 78 valence electrons. The largest absolute Gasteiger partial charge is 0.445 e. The first-order valence-corrected chi connectivity index (χ1v) is 5.45. The predicted molar refractivity (Wildman–Crippen MR) is 53.1 cm³/mol. The van der Waals surface area contributed by atoms with Crippen molar-refractivity contribution in [3.63, 3.8) is 0 Å². The van der Waals surface area contributed by atoms with E-state index >= 15 is 0 Å². The lowest BCUT2D eigenvalue weighted by atomic mass is 9.88. The second kappa shape index (κ2) is 4.60. The number of aliphatic hydroxyl groups is 1. The molecule has 1 aromatic rings. The molecule has 1 saturated carbocycles. The Labute approximate surface area is 84.2 Å². The summed E-state index contributed by atoms with van der Waals surface area (Å²) in [5.74, 6) is 2.27. The fourth-order valence-corrected chi connectivity index (χ4v) is 2.11. The van der Waals surface area contributed by atoms with Gasteiger partial charge in [0.15, 0.2) is 5.89 Å². The van der Waals surface area contributed by atoms with Crippen molar-refractivity contribution in [2.24, 2.45) is 0 Å². The van der Waals surface area contributed by atoms with E-state index in [9.17, 15) is 0 Å². The van der Waals surface area contributed by atoms with Crippen LogP contribution in [0.1, 0.15) is 49.7 Å². The number of nitrogens with zero attached hydrogens (tertiary/aromatic N) is 1. The number of aromatic nitrogens is 1. The molecular weight excluding hydrogens is 178 g/mol. The second-order valence-corrected chi connectivity index (χ2v) is 3.96. The summed E-state index contributed by atoms with van der Waals surface area (Å²) >= 11 is 0. The summed E-state index contributed by atoms with van der Waals surface area (Å²) in [6.45, 7) is 0.116. The molecule has 1 N–H and O–H groups in total. The van der Waals surface area contributed by atoms with Gasteiger partial charge in [0.25, 0.3) is 0 Å². The van der Waals surface area contributed by atoms with Gasteiger partial charge in [-0.05, 0) is 12.8 Å². The lowest BCUT2D eigenvalue weighted by molar-refractivity contribution is 0.279. The van der Waals surface area contributed by atoms with Crippen molar-refractivity contribution in [2.75, 3.05) is 6.61 Å². The minimum absolute atomic E-state index is 0.116. The molecule has 3 heteroatoms. The minimum atomic E-state index is 0.116. The van der Waals surface area contributed by atoms with Crippen molar-refractivity contribution in [1.29, 1.82) is 0 Å². The van der Waals surface area contributed by atoms with Gasteiger partial charge in [-0.1, -0.05) is 19.3 Å². The van der Waals surface area contributed by atoms with Gasteiger partial charge in [0.2, 0.25) is 0 Å².